The van der Waals surface area contributed by atoms with Crippen LogP contribution in [0.25, 0.3) is 0 Å². The molecule has 76 valence electrons. The Labute approximate surface area is 138 Å². The number of rotatable bonds is 3. The van der Waals surface area contributed by atoms with E-state index < -0.39 is 19.0 Å². The van der Waals surface area contributed by atoms with Gasteiger partial charge in [0.05, 0.1) is 6.04 Å². The zero-order valence-corrected chi connectivity index (χ0v) is 14.2. The van der Waals surface area contributed by atoms with Crippen LogP contribution in [-0.2, 0) is 4.57 Å². The molecule has 1 aromatic heterocycles. The van der Waals surface area contributed by atoms with Crippen LogP contribution in [0, 0.1) is 0 Å². The summed E-state index contributed by atoms with van der Waals surface area (Å²) < 4.78 is 10.6. The predicted octanol–water partition coefficient (Wildman–Crippen LogP) is -6.48. The molecule has 0 aromatic carbocycles. The van der Waals surface area contributed by atoms with Crippen molar-refractivity contribution in [3.05, 3.63) is 42.0 Å². The van der Waals surface area contributed by atoms with Crippen LogP contribution in [0.3, 0.4) is 0 Å². The van der Waals surface area contributed by atoms with Gasteiger partial charge in [-0.15, -0.1) is 0 Å². The summed E-state index contributed by atoms with van der Waals surface area (Å²) in [5, 5.41) is -0.510. The number of pyridine rings is 1. The molecule has 0 aliphatic heterocycles. The first-order valence-electron chi connectivity index (χ1n) is 3.80. The number of hydrogen-bond donors (Lipinski definition) is 1. The van der Waals surface area contributed by atoms with Crippen molar-refractivity contribution in [2.24, 2.45) is 5.73 Å². The van der Waals surface area contributed by atoms with Crippen molar-refractivity contribution in [2.45, 2.75) is 6.04 Å². The molecule has 0 bridgehead atoms. The van der Waals surface area contributed by atoms with Gasteiger partial charge >= 0.3 is 59.1 Å². The normalized spacial score (nSPS) is 11.9. The Morgan fingerprint density at radius 1 is 1.38 bits per heavy atom. The predicted molar refractivity (Wildman–Crippen MR) is 47.9 cm³/mol. The third-order valence-electron chi connectivity index (χ3n) is 1.78. The van der Waals surface area contributed by atoms with E-state index in [1.54, 1.807) is 0 Å². The first-order valence-corrected chi connectivity index (χ1v) is 5.34. The first-order chi connectivity index (χ1) is 6.43. The maximum atomic E-state index is 10.6. The summed E-state index contributed by atoms with van der Waals surface area (Å²) in [5.41, 5.74) is 6.02. The SMILES string of the molecule is C=C(C(N)c1ccncc1)P(=O)([O-])[O-].[Na+].[Na+]. The van der Waals surface area contributed by atoms with Gasteiger partial charge in [-0.05, 0) is 30.6 Å². The maximum absolute atomic E-state index is 10.6. The standard InChI is InChI=1S/C8H11N2O3P.2Na/c1-6(14(11,12)13)8(9)7-2-4-10-5-3-7;;/h2-5,8H,1,9H2,(H2,11,12,13);;/q;2*+1/p-2. The van der Waals surface area contributed by atoms with E-state index in [0.29, 0.717) is 5.56 Å². The molecule has 1 unspecified atom stereocenters. The molecule has 5 nitrogen and oxygen atoms in total. The summed E-state index contributed by atoms with van der Waals surface area (Å²) >= 11 is 0. The van der Waals surface area contributed by atoms with Crippen LogP contribution in [0.2, 0.25) is 0 Å². The molecule has 0 saturated heterocycles. The van der Waals surface area contributed by atoms with Crippen LogP contribution in [0.15, 0.2) is 36.4 Å². The average Bonchev–Trinajstić information content (AvgIpc) is 2.15. The monoisotopic (exact) mass is 258 g/mol. The second-order valence-electron chi connectivity index (χ2n) is 2.75. The number of hydrogen-bond acceptors (Lipinski definition) is 5. The molecule has 0 aliphatic rings. The van der Waals surface area contributed by atoms with Gasteiger partial charge in [-0.3, -0.25) is 4.98 Å². The van der Waals surface area contributed by atoms with Crippen LogP contribution >= 0.6 is 7.60 Å². The number of nitrogens with zero attached hydrogens (tertiary/aromatic N) is 1. The van der Waals surface area contributed by atoms with E-state index in [2.05, 4.69) is 11.6 Å². The van der Waals surface area contributed by atoms with Gasteiger partial charge in [0.2, 0.25) is 0 Å². The van der Waals surface area contributed by atoms with Crippen molar-refractivity contribution < 1.29 is 73.5 Å². The Bertz CT molecular complexity index is 382. The van der Waals surface area contributed by atoms with Crippen LogP contribution in [0.5, 0.6) is 0 Å². The van der Waals surface area contributed by atoms with E-state index in [4.69, 9.17) is 5.73 Å². The molecule has 0 saturated carbocycles. The van der Waals surface area contributed by atoms with Gasteiger partial charge in [-0.25, -0.2) is 0 Å². The van der Waals surface area contributed by atoms with Gasteiger partial charge in [0.25, 0.3) is 0 Å². The molecule has 0 spiro atoms. The summed E-state index contributed by atoms with van der Waals surface area (Å²) in [7, 11) is -4.82. The van der Waals surface area contributed by atoms with Gasteiger partial charge in [0.15, 0.2) is 0 Å². The van der Waals surface area contributed by atoms with Gasteiger partial charge in [0.1, 0.15) is 0 Å². The van der Waals surface area contributed by atoms with Gasteiger partial charge < -0.3 is 20.1 Å². The van der Waals surface area contributed by atoms with Gasteiger partial charge in [-0.1, -0.05) is 6.58 Å². The maximum Gasteiger partial charge on any atom is 1.00 e. The third-order valence-corrected chi connectivity index (χ3v) is 2.76. The van der Waals surface area contributed by atoms with E-state index in [0.717, 1.165) is 0 Å². The molecule has 1 heterocycles. The largest absolute Gasteiger partial charge is 1.00 e. The molecule has 0 aliphatic carbocycles. The fourth-order valence-corrected chi connectivity index (χ4v) is 1.42. The van der Waals surface area contributed by atoms with Crippen molar-refractivity contribution >= 4 is 7.60 Å². The summed E-state index contributed by atoms with van der Waals surface area (Å²) in [5.74, 6) is 0. The fraction of sp³-hybridized carbons (Fsp3) is 0.125. The molecular weight excluding hydrogens is 249 g/mol. The van der Waals surface area contributed by atoms with E-state index in [1.165, 1.54) is 24.5 Å². The summed E-state index contributed by atoms with van der Waals surface area (Å²) in [6.45, 7) is 3.17. The zero-order chi connectivity index (χ0) is 10.8. The molecule has 1 aromatic rings. The summed E-state index contributed by atoms with van der Waals surface area (Å²) in [6, 6.07) is 2.08. The average molecular weight is 258 g/mol. The summed E-state index contributed by atoms with van der Waals surface area (Å²) in [6.07, 6.45) is 2.92. The molecule has 1 rings (SSSR count). The van der Waals surface area contributed by atoms with Crippen molar-refractivity contribution in [1.29, 1.82) is 0 Å². The van der Waals surface area contributed by atoms with Crippen LogP contribution in [0.1, 0.15) is 11.6 Å². The van der Waals surface area contributed by atoms with Crippen molar-refractivity contribution in [2.75, 3.05) is 0 Å². The van der Waals surface area contributed by atoms with E-state index >= 15 is 0 Å². The second kappa shape index (κ2) is 8.16. The topological polar surface area (TPSA) is 102 Å². The molecule has 8 heteroatoms. The Hall–Kier alpha value is 1.00. The quantitative estimate of drug-likeness (QED) is 0.429. The number of aromatic nitrogens is 1. The van der Waals surface area contributed by atoms with E-state index in [-0.39, 0.29) is 59.1 Å². The van der Waals surface area contributed by atoms with Gasteiger partial charge in [-0.2, -0.15) is 0 Å². The molecule has 0 fully saturated rings. The molecule has 0 amide bonds. The minimum atomic E-state index is -4.82. The Balaban J connectivity index is 0. The summed E-state index contributed by atoms with van der Waals surface area (Å²) in [4.78, 5) is 25.0. The van der Waals surface area contributed by atoms with Gasteiger partial charge in [0, 0.05) is 12.4 Å². The molecule has 1 atom stereocenters. The van der Waals surface area contributed by atoms with Crippen molar-refractivity contribution in [3.63, 3.8) is 0 Å². The van der Waals surface area contributed by atoms with Crippen molar-refractivity contribution in [1.82, 2.24) is 4.98 Å². The van der Waals surface area contributed by atoms with E-state index in [1.807, 2.05) is 0 Å². The fourth-order valence-electron chi connectivity index (χ4n) is 0.934. The zero-order valence-electron chi connectivity index (χ0n) is 9.29. The Morgan fingerprint density at radius 2 is 1.81 bits per heavy atom. The third kappa shape index (κ3) is 5.56. The molecule has 0 radical (unpaired) electrons. The van der Waals surface area contributed by atoms with Crippen LogP contribution in [-0.4, -0.2) is 4.98 Å². The Morgan fingerprint density at radius 3 is 2.19 bits per heavy atom. The molecule has 2 N–H and O–H groups in total. The Kier molecular flexibility index (Phi) is 9.87. The number of nitrogens with two attached hydrogens (primary N) is 1. The van der Waals surface area contributed by atoms with Crippen molar-refractivity contribution in [3.8, 4) is 0 Å². The minimum absolute atomic E-state index is 0. The molecular formula is C8H9N2Na2O3P. The van der Waals surface area contributed by atoms with E-state index in [9.17, 15) is 14.4 Å². The second-order valence-corrected chi connectivity index (χ2v) is 4.32. The minimum Gasteiger partial charge on any atom is -0.808 e. The smallest absolute Gasteiger partial charge is 0.808 e. The van der Waals surface area contributed by atoms with Crippen LogP contribution < -0.4 is 74.6 Å². The first kappa shape index (κ1) is 19.3. The van der Waals surface area contributed by atoms with Crippen LogP contribution in [0.4, 0.5) is 0 Å². The molecule has 16 heavy (non-hydrogen) atoms.